The van der Waals surface area contributed by atoms with Crippen LogP contribution < -0.4 is 0 Å². The third-order valence-corrected chi connectivity index (χ3v) is 9.52. The van der Waals surface area contributed by atoms with Gasteiger partial charge in [0.1, 0.15) is 11.2 Å². The molecule has 0 saturated heterocycles. The van der Waals surface area contributed by atoms with Gasteiger partial charge in [-0.2, -0.15) is 0 Å². The summed E-state index contributed by atoms with van der Waals surface area (Å²) in [6, 6.07) is 50.6. The monoisotopic (exact) mass is 580 g/mol. The quantitative estimate of drug-likeness (QED) is 0.208. The summed E-state index contributed by atoms with van der Waals surface area (Å²) in [5, 5.41) is 4.74. The zero-order valence-electron chi connectivity index (χ0n) is 23.6. The van der Waals surface area contributed by atoms with Gasteiger partial charge in [-0.1, -0.05) is 121 Å². The second-order valence-corrected chi connectivity index (χ2v) is 12.0. The lowest BCUT2D eigenvalue weighted by molar-refractivity contribution is 0.669. The highest BCUT2D eigenvalue weighted by Gasteiger charge is 2.19. The van der Waals surface area contributed by atoms with E-state index < -0.39 is 0 Å². The summed E-state index contributed by atoms with van der Waals surface area (Å²) in [4.78, 5) is 10.2. The molecule has 0 unspecified atom stereocenters. The van der Waals surface area contributed by atoms with Crippen molar-refractivity contribution in [3.63, 3.8) is 0 Å². The fourth-order valence-electron chi connectivity index (χ4n) is 6.33. The number of para-hydroxylation sites is 1. The van der Waals surface area contributed by atoms with Crippen molar-refractivity contribution >= 4 is 53.4 Å². The van der Waals surface area contributed by atoms with Crippen molar-refractivity contribution in [2.24, 2.45) is 0 Å². The molecule has 0 aliphatic rings. The number of benzene rings is 6. The molecule has 4 heteroatoms. The van der Waals surface area contributed by atoms with Gasteiger partial charge in [-0.3, -0.25) is 0 Å². The van der Waals surface area contributed by atoms with Crippen LogP contribution in [0.4, 0.5) is 0 Å². The van der Waals surface area contributed by atoms with Crippen LogP contribution in [0.1, 0.15) is 0 Å². The number of hydrogen-bond donors (Lipinski definition) is 0. The fourth-order valence-corrected chi connectivity index (χ4v) is 7.59. The molecule has 9 rings (SSSR count). The second kappa shape index (κ2) is 10.0. The van der Waals surface area contributed by atoms with Crippen LogP contribution in [0.3, 0.4) is 0 Å². The molecule has 0 N–H and O–H groups in total. The second-order valence-electron chi connectivity index (χ2n) is 10.9. The predicted octanol–water partition coefficient (Wildman–Crippen LogP) is 11.4. The highest BCUT2D eigenvalue weighted by molar-refractivity contribution is 7.26. The fraction of sp³-hybridized carbons (Fsp3) is 0. The maximum Gasteiger partial charge on any atom is 0.160 e. The van der Waals surface area contributed by atoms with Gasteiger partial charge in [0.05, 0.1) is 11.4 Å². The summed E-state index contributed by atoms with van der Waals surface area (Å²) in [6.07, 6.45) is 0. The van der Waals surface area contributed by atoms with E-state index in [1.165, 1.54) is 31.3 Å². The summed E-state index contributed by atoms with van der Waals surface area (Å²) < 4.78 is 8.74. The average Bonchev–Trinajstić information content (AvgIpc) is 3.68. The minimum atomic E-state index is 0.720. The smallest absolute Gasteiger partial charge is 0.160 e. The Morgan fingerprint density at radius 3 is 1.95 bits per heavy atom. The number of furan rings is 1. The van der Waals surface area contributed by atoms with Gasteiger partial charge in [0.2, 0.25) is 0 Å². The molecule has 0 radical (unpaired) electrons. The molecule has 0 atom stereocenters. The zero-order chi connectivity index (χ0) is 29.0. The Hall–Kier alpha value is -5.58. The average molecular weight is 581 g/mol. The van der Waals surface area contributed by atoms with E-state index in [9.17, 15) is 0 Å². The van der Waals surface area contributed by atoms with Gasteiger partial charge in [0, 0.05) is 53.2 Å². The first kappa shape index (κ1) is 25.0. The first-order valence-corrected chi connectivity index (χ1v) is 15.5. The summed E-state index contributed by atoms with van der Waals surface area (Å²) >= 11 is 1.84. The summed E-state index contributed by atoms with van der Waals surface area (Å²) in [5.41, 5.74) is 9.21. The molecule has 6 aromatic carbocycles. The molecule has 0 fully saturated rings. The lowest BCUT2D eigenvalue weighted by Crippen LogP contribution is -1.96. The topological polar surface area (TPSA) is 38.9 Å². The molecule has 3 nitrogen and oxygen atoms in total. The van der Waals surface area contributed by atoms with Crippen molar-refractivity contribution in [2.45, 2.75) is 0 Å². The highest BCUT2D eigenvalue weighted by Crippen LogP contribution is 2.46. The van der Waals surface area contributed by atoms with E-state index >= 15 is 0 Å². The molecule has 0 aliphatic heterocycles. The van der Waals surface area contributed by atoms with Gasteiger partial charge in [-0.05, 0) is 29.8 Å². The molecule has 0 bridgehead atoms. The van der Waals surface area contributed by atoms with Crippen LogP contribution in [0.15, 0.2) is 150 Å². The van der Waals surface area contributed by atoms with Gasteiger partial charge < -0.3 is 4.42 Å². The van der Waals surface area contributed by atoms with Crippen LogP contribution in [0.2, 0.25) is 0 Å². The standard InChI is InChI=1S/C40H24N2OS/c1-3-12-25(13-4-1)32-24-33(42-40(41-32)26-14-5-2-6-15-26)29-19-11-23-36-38(29)31-20-9-18-28(39(31)44-36)27-17-10-22-35-37(27)30-16-7-8-21-34(30)43-35/h1-24H. The molecule has 44 heavy (non-hydrogen) atoms. The number of thiophene rings is 1. The van der Waals surface area contributed by atoms with Crippen molar-refractivity contribution < 1.29 is 4.42 Å². The normalized spacial score (nSPS) is 11.6. The van der Waals surface area contributed by atoms with E-state index in [1.54, 1.807) is 0 Å². The molecule has 9 aromatic rings. The molecule has 0 spiro atoms. The maximum absolute atomic E-state index is 6.25. The first-order chi connectivity index (χ1) is 21.8. The number of rotatable bonds is 4. The lowest BCUT2D eigenvalue weighted by Gasteiger charge is -2.11. The minimum absolute atomic E-state index is 0.720. The van der Waals surface area contributed by atoms with E-state index in [-0.39, 0.29) is 0 Å². The molecule has 206 valence electrons. The maximum atomic E-state index is 6.25. The van der Waals surface area contributed by atoms with Crippen LogP contribution in [-0.2, 0) is 0 Å². The minimum Gasteiger partial charge on any atom is -0.456 e. The van der Waals surface area contributed by atoms with Gasteiger partial charge >= 0.3 is 0 Å². The molecule has 3 heterocycles. The van der Waals surface area contributed by atoms with Crippen LogP contribution in [0.5, 0.6) is 0 Å². The van der Waals surface area contributed by atoms with E-state index in [0.717, 1.165) is 55.8 Å². The van der Waals surface area contributed by atoms with E-state index in [1.807, 2.05) is 47.7 Å². The van der Waals surface area contributed by atoms with Gasteiger partial charge in [0.15, 0.2) is 5.82 Å². The lowest BCUT2D eigenvalue weighted by atomic mass is 9.96. The van der Waals surface area contributed by atoms with Crippen molar-refractivity contribution in [2.75, 3.05) is 0 Å². The van der Waals surface area contributed by atoms with Crippen molar-refractivity contribution in [3.05, 3.63) is 146 Å². The third-order valence-electron chi connectivity index (χ3n) is 8.32. The first-order valence-electron chi connectivity index (χ1n) is 14.7. The Labute approximate surface area is 257 Å². The number of aromatic nitrogens is 2. The van der Waals surface area contributed by atoms with Crippen LogP contribution in [0.25, 0.3) is 87.1 Å². The SMILES string of the molecule is c1ccc(-c2cc(-c3cccc4sc5c(-c6cccc7oc8ccccc8c67)cccc5c34)nc(-c3ccccc3)n2)cc1. The molecular formula is C40H24N2OS. The summed E-state index contributed by atoms with van der Waals surface area (Å²) in [7, 11) is 0. The molecular weight excluding hydrogens is 557 g/mol. The third kappa shape index (κ3) is 3.96. The largest absolute Gasteiger partial charge is 0.456 e. The van der Waals surface area contributed by atoms with Crippen LogP contribution in [-0.4, -0.2) is 9.97 Å². The van der Waals surface area contributed by atoms with E-state index in [2.05, 4.69) is 109 Å². The summed E-state index contributed by atoms with van der Waals surface area (Å²) in [6.45, 7) is 0. The molecule has 3 aromatic heterocycles. The van der Waals surface area contributed by atoms with E-state index in [4.69, 9.17) is 14.4 Å². The highest BCUT2D eigenvalue weighted by atomic mass is 32.1. The predicted molar refractivity (Wildman–Crippen MR) is 184 cm³/mol. The van der Waals surface area contributed by atoms with E-state index in [0.29, 0.717) is 0 Å². The van der Waals surface area contributed by atoms with Crippen LogP contribution >= 0.6 is 11.3 Å². The van der Waals surface area contributed by atoms with Crippen LogP contribution in [0, 0.1) is 0 Å². The van der Waals surface area contributed by atoms with Crippen molar-refractivity contribution in [3.8, 4) is 45.0 Å². The van der Waals surface area contributed by atoms with Gasteiger partial charge in [-0.25, -0.2) is 9.97 Å². The van der Waals surface area contributed by atoms with Crippen molar-refractivity contribution in [1.82, 2.24) is 9.97 Å². The van der Waals surface area contributed by atoms with Crippen molar-refractivity contribution in [1.29, 1.82) is 0 Å². The molecule has 0 aliphatic carbocycles. The Morgan fingerprint density at radius 1 is 0.455 bits per heavy atom. The molecule has 0 amide bonds. The summed E-state index contributed by atoms with van der Waals surface area (Å²) in [5.74, 6) is 0.720. The Morgan fingerprint density at radius 2 is 1.09 bits per heavy atom. The number of nitrogens with zero attached hydrogens (tertiary/aromatic N) is 2. The zero-order valence-corrected chi connectivity index (χ0v) is 24.4. The Kier molecular flexibility index (Phi) is 5.68. The Bertz CT molecular complexity index is 2440. The van der Waals surface area contributed by atoms with Gasteiger partial charge in [0.25, 0.3) is 0 Å². The number of hydrogen-bond acceptors (Lipinski definition) is 4. The number of fused-ring (bicyclic) bond motifs is 6. The van der Waals surface area contributed by atoms with Gasteiger partial charge in [-0.15, -0.1) is 11.3 Å². The molecule has 0 saturated carbocycles. The Balaban J connectivity index is 1.31.